The third-order valence-corrected chi connectivity index (χ3v) is 20.8. The van der Waals surface area contributed by atoms with Crippen LogP contribution >= 0.6 is 0 Å². The van der Waals surface area contributed by atoms with E-state index in [0.29, 0.717) is 38.5 Å². The third-order valence-electron chi connectivity index (χ3n) is 19.9. The number of aliphatic hydroxyl groups excluding tert-OH is 7. The van der Waals surface area contributed by atoms with E-state index in [1.54, 1.807) is 32.9 Å². The van der Waals surface area contributed by atoms with Gasteiger partial charge in [0.1, 0.15) is 85.5 Å². The molecule has 1 spiro atoms. The highest BCUT2D eigenvalue weighted by Gasteiger charge is 2.79. The minimum Gasteiger partial charge on any atom is -0.461 e. The molecule has 27 atom stereocenters. The molecule has 11 N–H and O–H groups in total. The van der Waals surface area contributed by atoms with E-state index in [9.17, 15) is 72.1 Å². The number of esters is 1. The van der Waals surface area contributed by atoms with Gasteiger partial charge in [-0.15, -0.1) is 0 Å². The summed E-state index contributed by atoms with van der Waals surface area (Å²) in [5.41, 5.74) is -3.71. The quantitative estimate of drug-likeness (QED) is 0.0438. The molecule has 5 heterocycles. The van der Waals surface area contributed by atoms with Crippen molar-refractivity contribution in [2.45, 2.75) is 234 Å². The molecule has 8 fully saturated rings. The van der Waals surface area contributed by atoms with E-state index >= 15 is 0 Å². The highest BCUT2D eigenvalue weighted by molar-refractivity contribution is 7.81. The molecular weight excluding hydrogens is 1150 g/mol. The van der Waals surface area contributed by atoms with Gasteiger partial charge in [-0.3, -0.25) is 13.9 Å². The van der Waals surface area contributed by atoms with Gasteiger partial charge in [0.25, 0.3) is 0 Å². The molecular formula is C53H84O28S2. The number of fused-ring (bicyclic) bond motifs is 5. The molecule has 83 heavy (non-hydrogen) atoms. The molecule has 2 bridgehead atoms. The van der Waals surface area contributed by atoms with Gasteiger partial charge in [0.15, 0.2) is 25.2 Å². The van der Waals surface area contributed by atoms with E-state index < -0.39 is 197 Å². The lowest BCUT2D eigenvalue weighted by molar-refractivity contribution is -0.380. The highest BCUT2D eigenvalue weighted by Crippen LogP contribution is 2.76. The van der Waals surface area contributed by atoms with Crippen molar-refractivity contribution >= 4 is 26.8 Å². The average molecular weight is 1230 g/mol. The van der Waals surface area contributed by atoms with E-state index in [1.165, 1.54) is 12.5 Å². The van der Waals surface area contributed by atoms with Crippen molar-refractivity contribution in [1.29, 1.82) is 0 Å². The molecule has 3 saturated carbocycles. The van der Waals surface area contributed by atoms with Gasteiger partial charge in [0.05, 0.1) is 48.6 Å². The molecule has 5 aliphatic heterocycles. The fourth-order valence-electron chi connectivity index (χ4n) is 15.9. The van der Waals surface area contributed by atoms with Gasteiger partial charge in [-0.05, 0) is 95.3 Å². The van der Waals surface area contributed by atoms with Crippen molar-refractivity contribution in [3.63, 3.8) is 0 Å². The molecule has 0 amide bonds. The lowest BCUT2D eigenvalue weighted by Gasteiger charge is -2.64. The van der Waals surface area contributed by atoms with Crippen LogP contribution in [0.25, 0.3) is 0 Å². The molecule has 0 aromatic heterocycles. The minimum atomic E-state index is -5.18. The Bertz CT molecular complexity index is 2630. The van der Waals surface area contributed by atoms with Gasteiger partial charge in [0.2, 0.25) is 0 Å². The first-order valence-corrected chi connectivity index (χ1v) is 30.9. The maximum absolute atomic E-state index is 14.2. The normalized spacial score (nSPS) is 48.2. The second kappa shape index (κ2) is 23.4. The van der Waals surface area contributed by atoms with E-state index in [2.05, 4.69) is 38.0 Å². The monoisotopic (exact) mass is 1230 g/mol. The zero-order valence-corrected chi connectivity index (χ0v) is 49.4. The fraction of sp³-hybridized carbons (Fsp3) is 0.906. The molecule has 5 saturated heterocycles. The summed E-state index contributed by atoms with van der Waals surface area (Å²) in [5.74, 6) is -0.733. The van der Waals surface area contributed by atoms with Crippen LogP contribution in [-0.2, 0) is 81.3 Å². The van der Waals surface area contributed by atoms with Crippen molar-refractivity contribution in [2.75, 3.05) is 26.9 Å². The summed E-state index contributed by atoms with van der Waals surface area (Å²) >= 11 is 0. The van der Waals surface area contributed by atoms with Crippen LogP contribution in [0.1, 0.15) is 100 Å². The van der Waals surface area contributed by atoms with E-state index in [-0.39, 0.29) is 29.6 Å². The smallest absolute Gasteiger partial charge is 0.397 e. The second-order valence-corrected chi connectivity index (χ2v) is 28.2. The fourth-order valence-corrected chi connectivity index (χ4v) is 16.7. The van der Waals surface area contributed by atoms with Gasteiger partial charge < -0.3 is 93.3 Å². The topological polar surface area (TPSA) is 419 Å². The van der Waals surface area contributed by atoms with Gasteiger partial charge in [0, 0.05) is 18.4 Å². The van der Waals surface area contributed by atoms with Crippen LogP contribution in [0.15, 0.2) is 23.8 Å². The summed E-state index contributed by atoms with van der Waals surface area (Å²) in [4.78, 5) is 14.2. The van der Waals surface area contributed by atoms with Crippen LogP contribution in [0, 0.1) is 39.4 Å². The zero-order chi connectivity index (χ0) is 61.1. The number of ether oxygens (including phenoxy) is 10. The Morgan fingerprint density at radius 2 is 1.36 bits per heavy atom. The van der Waals surface area contributed by atoms with Crippen molar-refractivity contribution < 1.29 is 132 Å². The Balaban J connectivity index is 0.868. The number of hydrogen-bond donors (Lipinski definition) is 11. The van der Waals surface area contributed by atoms with Crippen LogP contribution in [0.4, 0.5) is 0 Å². The standard InChI is InChI=1S/C53H84O28S2/c1-23-39(79-43-36(58)32(54)27(20-71-43)75-45-38(60)40(70-9)33(55)28(76-45)22-73-82(64,65)66)35(57)37(59)44(74-23)80-41-34(56)29(81-83(67,68)69)21-72-46(41)78-31-14-17-50(6)24-13-18-53-42(52(8,63)16-10-15-48(2,3)62)26(77-47(53)61)19-51(53,7)25(24)11-12-30(50)49(31,4)5/h10-11,15,23-24,26-46,54-60,62-63H,12-14,16-22H2,1-9H3,(H,64,65,66)(H,67,68,69)/b15-10+/t23-,24-,26+,27-,28-,29-,30+,31+,32+,33-,34+,35-,36-,37-,38-,39-,40+,41-,42-,43+,44+,45-,46+,50-,51+,52+,53-/m1/s1. The molecule has 9 aliphatic rings. The molecule has 0 aromatic rings. The summed E-state index contributed by atoms with van der Waals surface area (Å²) in [6, 6.07) is 0. The van der Waals surface area contributed by atoms with Crippen LogP contribution in [-0.4, -0.2) is 239 Å². The lowest BCUT2D eigenvalue weighted by atomic mass is 9.40. The van der Waals surface area contributed by atoms with Gasteiger partial charge >= 0.3 is 26.8 Å². The largest absolute Gasteiger partial charge is 0.461 e. The first-order valence-electron chi connectivity index (χ1n) is 28.2. The van der Waals surface area contributed by atoms with Crippen molar-refractivity contribution in [1.82, 2.24) is 0 Å². The number of rotatable bonds is 18. The zero-order valence-electron chi connectivity index (χ0n) is 47.8. The number of carbonyl (C=O) groups excluding carboxylic acids is 1. The van der Waals surface area contributed by atoms with E-state index in [4.69, 9.17) is 56.1 Å². The maximum atomic E-state index is 14.2. The van der Waals surface area contributed by atoms with E-state index in [0.717, 1.165) is 7.11 Å². The van der Waals surface area contributed by atoms with Crippen molar-refractivity contribution in [3.8, 4) is 0 Å². The summed E-state index contributed by atoms with van der Waals surface area (Å²) in [6.45, 7) is 12.9. The number of hydrogen-bond acceptors (Lipinski definition) is 26. The van der Waals surface area contributed by atoms with Gasteiger partial charge in [-0.1, -0.05) is 51.5 Å². The highest BCUT2D eigenvalue weighted by atomic mass is 32.3. The summed E-state index contributed by atoms with van der Waals surface area (Å²) in [6.07, 6.45) is -22.4. The Hall–Kier alpha value is -2.03. The molecule has 4 aliphatic carbocycles. The van der Waals surface area contributed by atoms with Crippen LogP contribution in [0.3, 0.4) is 0 Å². The second-order valence-electron chi connectivity index (χ2n) is 26.0. The number of carbonyl (C=O) groups is 1. The molecule has 30 heteroatoms. The molecule has 0 aromatic carbocycles. The number of allylic oxidation sites excluding steroid dienone is 2. The van der Waals surface area contributed by atoms with Crippen molar-refractivity contribution in [2.24, 2.45) is 39.4 Å². The molecule has 0 radical (unpaired) electrons. The first-order chi connectivity index (χ1) is 38.4. The SMILES string of the molecule is CO[C@@H]1[C@@H](O)[C@H](O[C@@H]2CO[C@@H](O[C@H]3[C@H](O)[C@@H](O)[C@H](O[C@H]4[C@H](O[C@H]5CC[C@]6(C)[C@@H]7CC[C@@]89C(=O)O[C@@H](C[C@@]8(C)C7=CC[C@H]6C5(C)C)[C@@H]9[C@@](C)(O)C/C=C/C(C)(C)O)OC[C@@H](OS(=O)(=O)O)[C@@H]4O)O[C@@H]3C)[C@H](O)[C@H]2O)O[C@H](COS(=O)(=O)O)[C@H]1O. The predicted molar refractivity (Wildman–Crippen MR) is 278 cm³/mol. The average Bonchev–Trinajstić information content (AvgIpc) is 1.58. The van der Waals surface area contributed by atoms with Crippen molar-refractivity contribution in [3.05, 3.63) is 23.8 Å². The van der Waals surface area contributed by atoms with Crippen LogP contribution in [0.2, 0.25) is 0 Å². The lowest BCUT2D eigenvalue weighted by Crippen LogP contribution is -2.65. The van der Waals surface area contributed by atoms with E-state index in [1.807, 2.05) is 0 Å². The predicted octanol–water partition coefficient (Wildman–Crippen LogP) is -1.15. The Morgan fingerprint density at radius 1 is 0.723 bits per heavy atom. The van der Waals surface area contributed by atoms with Gasteiger partial charge in [-0.2, -0.15) is 16.8 Å². The third kappa shape index (κ3) is 12.2. The Labute approximate surface area is 482 Å². The summed E-state index contributed by atoms with van der Waals surface area (Å²) in [5, 5.41) is 101. The molecule has 0 unspecified atom stereocenters. The number of aliphatic hydroxyl groups is 9. The molecule has 9 rings (SSSR count). The van der Waals surface area contributed by atoms with Crippen LogP contribution < -0.4 is 0 Å². The summed E-state index contributed by atoms with van der Waals surface area (Å²) < 4.78 is 133. The molecule has 28 nitrogen and oxygen atoms in total. The minimum absolute atomic E-state index is 0.0174. The van der Waals surface area contributed by atoms with Crippen LogP contribution in [0.5, 0.6) is 0 Å². The first kappa shape index (κ1) is 65.4. The van der Waals surface area contributed by atoms with Gasteiger partial charge in [-0.25, -0.2) is 8.37 Å². The molecule has 476 valence electrons. The Morgan fingerprint density at radius 3 is 2.01 bits per heavy atom. The maximum Gasteiger partial charge on any atom is 0.397 e. The Kier molecular flexibility index (Phi) is 18.4. The number of methoxy groups -OCH3 is 1. The summed E-state index contributed by atoms with van der Waals surface area (Å²) in [7, 11) is -9.04.